The molecule has 4 aromatic rings. The van der Waals surface area contributed by atoms with Crippen molar-refractivity contribution in [1.29, 1.82) is 0 Å². The molecule has 156 valence electrons. The summed E-state index contributed by atoms with van der Waals surface area (Å²) in [5.41, 5.74) is 3.08. The third-order valence-corrected chi connectivity index (χ3v) is 5.04. The Kier molecular flexibility index (Phi) is 5.95. The maximum atomic E-state index is 12.5. The van der Waals surface area contributed by atoms with Crippen LogP contribution in [0.5, 0.6) is 5.75 Å². The number of nitrogens with one attached hydrogen (secondary N) is 1. The van der Waals surface area contributed by atoms with Crippen LogP contribution in [0.15, 0.2) is 66.7 Å². The summed E-state index contributed by atoms with van der Waals surface area (Å²) in [6.45, 7) is 1.98. The highest BCUT2D eigenvalue weighted by atomic mass is 35.5. The summed E-state index contributed by atoms with van der Waals surface area (Å²) in [4.78, 5) is 24.9. The lowest BCUT2D eigenvalue weighted by Crippen LogP contribution is -2.20. The van der Waals surface area contributed by atoms with Crippen LogP contribution in [-0.4, -0.2) is 26.9 Å². The van der Waals surface area contributed by atoms with Crippen LogP contribution < -0.4 is 10.1 Å². The largest absolute Gasteiger partial charge is 0.423 e. The smallest absolute Gasteiger partial charge is 0.343 e. The van der Waals surface area contributed by atoms with Gasteiger partial charge in [-0.15, -0.1) is 5.10 Å². The first-order chi connectivity index (χ1) is 15.0. The average molecular weight is 435 g/mol. The van der Waals surface area contributed by atoms with Crippen LogP contribution in [0.1, 0.15) is 22.8 Å². The van der Waals surface area contributed by atoms with Gasteiger partial charge in [0.2, 0.25) is 5.91 Å². The monoisotopic (exact) mass is 434 g/mol. The highest BCUT2D eigenvalue weighted by Crippen LogP contribution is 2.23. The number of nitrogens with zero attached hydrogens (tertiary/aromatic N) is 3. The van der Waals surface area contributed by atoms with Gasteiger partial charge in [0.25, 0.3) is 0 Å². The molecule has 4 rings (SSSR count). The third-order valence-electron chi connectivity index (χ3n) is 4.71. The number of hydrogen-bond acceptors (Lipinski definition) is 5. The fourth-order valence-electron chi connectivity index (χ4n) is 3.08. The maximum absolute atomic E-state index is 12.5. The van der Waals surface area contributed by atoms with E-state index in [1.165, 1.54) is 4.68 Å². The number of para-hydroxylation sites is 1. The summed E-state index contributed by atoms with van der Waals surface area (Å²) in [6.07, 6.45) is 0.836. The first-order valence-electron chi connectivity index (χ1n) is 9.72. The molecule has 0 aliphatic heterocycles. The minimum atomic E-state index is -0.495. The molecule has 0 saturated carbocycles. The number of hydrogen-bond donors (Lipinski definition) is 1. The second kappa shape index (κ2) is 8.97. The van der Waals surface area contributed by atoms with Crippen LogP contribution >= 0.6 is 11.6 Å². The second-order valence-electron chi connectivity index (χ2n) is 6.87. The number of ether oxygens (including phenoxy) is 1. The van der Waals surface area contributed by atoms with Gasteiger partial charge in [-0.2, -0.15) is 0 Å². The molecule has 0 saturated heterocycles. The molecule has 8 heteroatoms. The molecule has 0 fully saturated rings. The van der Waals surface area contributed by atoms with Crippen molar-refractivity contribution < 1.29 is 14.3 Å². The van der Waals surface area contributed by atoms with Crippen molar-refractivity contribution in [1.82, 2.24) is 15.0 Å². The molecule has 0 unspecified atom stereocenters. The molecular formula is C23H19ClN4O3. The highest BCUT2D eigenvalue weighted by molar-refractivity contribution is 6.33. The fourth-order valence-corrected chi connectivity index (χ4v) is 3.25. The van der Waals surface area contributed by atoms with Crippen molar-refractivity contribution in [3.8, 4) is 5.75 Å². The topological polar surface area (TPSA) is 86.1 Å². The Labute approximate surface area is 183 Å². The van der Waals surface area contributed by atoms with Crippen molar-refractivity contribution in [2.45, 2.75) is 19.9 Å². The molecule has 31 heavy (non-hydrogen) atoms. The van der Waals surface area contributed by atoms with Gasteiger partial charge in [-0.1, -0.05) is 48.0 Å². The minimum Gasteiger partial charge on any atom is -0.423 e. The predicted molar refractivity (Wildman–Crippen MR) is 118 cm³/mol. The van der Waals surface area contributed by atoms with E-state index < -0.39 is 5.97 Å². The maximum Gasteiger partial charge on any atom is 0.343 e. The third kappa shape index (κ3) is 4.73. The van der Waals surface area contributed by atoms with Crippen molar-refractivity contribution in [3.63, 3.8) is 0 Å². The summed E-state index contributed by atoms with van der Waals surface area (Å²) >= 11 is 6.19. The van der Waals surface area contributed by atoms with Gasteiger partial charge in [-0.05, 0) is 54.4 Å². The zero-order valence-corrected chi connectivity index (χ0v) is 17.5. The van der Waals surface area contributed by atoms with Crippen LogP contribution in [0.2, 0.25) is 5.02 Å². The fraction of sp³-hybridized carbons (Fsp3) is 0.130. The van der Waals surface area contributed by atoms with E-state index in [4.69, 9.17) is 16.3 Å². The van der Waals surface area contributed by atoms with Gasteiger partial charge in [-0.3, -0.25) is 4.79 Å². The van der Waals surface area contributed by atoms with Gasteiger partial charge in [-0.25, -0.2) is 9.48 Å². The first-order valence-corrected chi connectivity index (χ1v) is 10.1. The van der Waals surface area contributed by atoms with E-state index >= 15 is 0 Å². The second-order valence-corrected chi connectivity index (χ2v) is 7.28. The standard InChI is InChI=1S/C23H19ClN4O3/c1-2-15-8-10-18(24)19(12-15)25-22(29)14-28-21-11-9-16(13-20(21)26-27-28)23(30)31-17-6-4-3-5-7-17/h3-13H,2,14H2,1H3,(H,25,29). The Balaban J connectivity index is 1.48. The van der Waals surface area contributed by atoms with Crippen molar-refractivity contribution >= 4 is 40.2 Å². The van der Waals surface area contributed by atoms with Gasteiger partial charge in [0, 0.05) is 0 Å². The minimum absolute atomic E-state index is 0.0447. The molecule has 0 atom stereocenters. The molecule has 0 bridgehead atoms. The number of carbonyl (C=O) groups is 2. The van der Waals surface area contributed by atoms with Crippen LogP contribution in [-0.2, 0) is 17.8 Å². The Morgan fingerprint density at radius 3 is 2.65 bits per heavy atom. The Morgan fingerprint density at radius 1 is 1.06 bits per heavy atom. The lowest BCUT2D eigenvalue weighted by atomic mass is 10.1. The summed E-state index contributed by atoms with van der Waals surface area (Å²) in [6, 6.07) is 19.2. The highest BCUT2D eigenvalue weighted by Gasteiger charge is 2.14. The van der Waals surface area contributed by atoms with Crippen molar-refractivity contribution in [2.24, 2.45) is 0 Å². The van der Waals surface area contributed by atoms with E-state index in [1.807, 2.05) is 25.1 Å². The number of anilines is 1. The van der Waals surface area contributed by atoms with Crippen LogP contribution in [0.25, 0.3) is 11.0 Å². The number of esters is 1. The molecule has 1 aromatic heterocycles. The molecule has 7 nitrogen and oxygen atoms in total. The number of benzene rings is 3. The van der Waals surface area contributed by atoms with E-state index in [0.717, 1.165) is 12.0 Å². The molecular weight excluding hydrogens is 416 g/mol. The number of fused-ring (bicyclic) bond motifs is 1. The molecule has 1 heterocycles. The number of carbonyl (C=O) groups excluding carboxylic acids is 2. The summed E-state index contributed by atoms with van der Waals surface area (Å²) in [5, 5.41) is 11.4. The summed E-state index contributed by atoms with van der Waals surface area (Å²) < 4.78 is 6.81. The predicted octanol–water partition coefficient (Wildman–Crippen LogP) is 4.51. The Hall–Kier alpha value is -3.71. The lowest BCUT2D eigenvalue weighted by molar-refractivity contribution is -0.116. The molecule has 0 radical (unpaired) electrons. The molecule has 1 N–H and O–H groups in total. The zero-order valence-electron chi connectivity index (χ0n) is 16.7. The molecule has 1 amide bonds. The van der Waals surface area contributed by atoms with Crippen LogP contribution in [0.4, 0.5) is 5.69 Å². The van der Waals surface area contributed by atoms with Gasteiger partial charge in [0.15, 0.2) is 0 Å². The van der Waals surface area contributed by atoms with Gasteiger partial charge in [0.1, 0.15) is 17.8 Å². The van der Waals surface area contributed by atoms with Gasteiger partial charge < -0.3 is 10.1 Å². The Bertz CT molecular complexity index is 1250. The number of amides is 1. The van der Waals surface area contributed by atoms with Crippen molar-refractivity contribution in [3.05, 3.63) is 82.9 Å². The molecule has 0 aliphatic carbocycles. The number of aryl methyl sites for hydroxylation is 1. The molecule has 0 spiro atoms. The molecule has 0 aliphatic rings. The van der Waals surface area contributed by atoms with E-state index in [0.29, 0.717) is 33.1 Å². The number of rotatable bonds is 6. The van der Waals surface area contributed by atoms with E-state index in [1.54, 1.807) is 48.5 Å². The molecule has 3 aromatic carbocycles. The normalized spacial score (nSPS) is 10.8. The quantitative estimate of drug-likeness (QED) is 0.356. The lowest BCUT2D eigenvalue weighted by Gasteiger charge is -2.09. The summed E-state index contributed by atoms with van der Waals surface area (Å²) in [5.74, 6) is -0.320. The van der Waals surface area contributed by atoms with E-state index in [2.05, 4.69) is 15.6 Å². The average Bonchev–Trinajstić information content (AvgIpc) is 3.17. The Morgan fingerprint density at radius 2 is 1.87 bits per heavy atom. The SMILES string of the molecule is CCc1ccc(Cl)c(NC(=O)Cn2nnc3cc(C(=O)Oc4ccccc4)ccc32)c1. The van der Waals surface area contributed by atoms with E-state index in [9.17, 15) is 9.59 Å². The van der Waals surface area contributed by atoms with Gasteiger partial charge in [0.05, 0.1) is 21.8 Å². The first kappa shape index (κ1) is 20.6. The van der Waals surface area contributed by atoms with Crippen molar-refractivity contribution in [2.75, 3.05) is 5.32 Å². The number of aromatic nitrogens is 3. The zero-order chi connectivity index (χ0) is 21.8. The van der Waals surface area contributed by atoms with Crippen LogP contribution in [0, 0.1) is 0 Å². The van der Waals surface area contributed by atoms with Crippen LogP contribution in [0.3, 0.4) is 0 Å². The van der Waals surface area contributed by atoms with E-state index in [-0.39, 0.29) is 12.5 Å². The summed E-state index contributed by atoms with van der Waals surface area (Å²) in [7, 11) is 0. The number of halogens is 1. The van der Waals surface area contributed by atoms with Gasteiger partial charge >= 0.3 is 5.97 Å².